The number of halogens is 3. The summed E-state index contributed by atoms with van der Waals surface area (Å²) >= 11 is 7.70. The molecule has 0 saturated carbocycles. The second-order valence-electron chi connectivity index (χ2n) is 4.79. The molecule has 0 atom stereocenters. The van der Waals surface area contributed by atoms with Crippen LogP contribution in [-0.4, -0.2) is 16.2 Å². The summed E-state index contributed by atoms with van der Waals surface area (Å²) in [5, 5.41) is 12.8. The Bertz CT molecular complexity index is 859. The van der Waals surface area contributed by atoms with Gasteiger partial charge < -0.3 is 10.4 Å². The highest BCUT2D eigenvalue weighted by Gasteiger charge is 2.24. The normalized spacial score (nSPS) is 17.5. The van der Waals surface area contributed by atoms with E-state index in [9.17, 15) is 14.3 Å². The van der Waals surface area contributed by atoms with E-state index in [1.807, 2.05) is 0 Å². The molecule has 2 N–H and O–H groups in total. The number of carbonyl (C=O) groups excluding carboxylic acids is 1. The maximum absolute atomic E-state index is 12.9. The van der Waals surface area contributed by atoms with Crippen LogP contribution in [0.15, 0.2) is 55.2 Å². The summed E-state index contributed by atoms with van der Waals surface area (Å²) in [6.45, 7) is 0. The third-order valence-corrected chi connectivity index (χ3v) is 5.16. The average molecular weight is 472 g/mol. The van der Waals surface area contributed by atoms with Crippen LogP contribution in [0, 0.1) is 5.82 Å². The van der Waals surface area contributed by atoms with Crippen molar-refractivity contribution >= 4 is 66.5 Å². The van der Waals surface area contributed by atoms with Crippen LogP contribution in [-0.2, 0) is 4.79 Å². The summed E-state index contributed by atoms with van der Waals surface area (Å²) in [5.74, 6) is -0.508. The summed E-state index contributed by atoms with van der Waals surface area (Å²) in [4.78, 5) is 16.8. The molecule has 1 aliphatic rings. The molecule has 8 heteroatoms. The second kappa shape index (κ2) is 7.08. The average Bonchev–Trinajstić information content (AvgIpc) is 2.87. The molecule has 0 radical (unpaired) electrons. The quantitative estimate of drug-likeness (QED) is 0.609. The van der Waals surface area contributed by atoms with Gasteiger partial charge in [-0.3, -0.25) is 4.79 Å². The van der Waals surface area contributed by atoms with Gasteiger partial charge in [0.05, 0.1) is 19.5 Å². The number of phenolic OH excluding ortho intramolecular Hbond substituents is 1. The lowest BCUT2D eigenvalue weighted by Gasteiger charge is -2.02. The SMILES string of the molecule is O=C1NC(=Nc2ccc(F)cc2)S/C1=C/c1cc(Br)c(O)c(Br)c1. The first kappa shape index (κ1) is 17.2. The van der Waals surface area contributed by atoms with Crippen LogP contribution >= 0.6 is 43.6 Å². The number of nitrogens with one attached hydrogen (secondary N) is 1. The van der Waals surface area contributed by atoms with Crippen LogP contribution in [0.4, 0.5) is 10.1 Å². The summed E-state index contributed by atoms with van der Waals surface area (Å²) in [6.07, 6.45) is 1.70. The summed E-state index contributed by atoms with van der Waals surface area (Å²) < 4.78 is 13.9. The van der Waals surface area contributed by atoms with Crippen LogP contribution in [0.5, 0.6) is 5.75 Å². The van der Waals surface area contributed by atoms with Gasteiger partial charge in [0.1, 0.15) is 11.6 Å². The smallest absolute Gasteiger partial charge is 0.264 e. The summed E-state index contributed by atoms with van der Waals surface area (Å²) in [5.41, 5.74) is 1.29. The molecule has 3 rings (SSSR count). The van der Waals surface area contributed by atoms with E-state index in [4.69, 9.17) is 0 Å². The minimum absolute atomic E-state index is 0.0965. The fourth-order valence-corrected chi connectivity index (χ4v) is 4.00. The molecule has 0 unspecified atom stereocenters. The van der Waals surface area contributed by atoms with E-state index in [-0.39, 0.29) is 17.5 Å². The molecule has 1 aliphatic heterocycles. The van der Waals surface area contributed by atoms with Gasteiger partial charge >= 0.3 is 0 Å². The van der Waals surface area contributed by atoms with Crippen molar-refractivity contribution < 1.29 is 14.3 Å². The largest absolute Gasteiger partial charge is 0.506 e. The standard InChI is InChI=1S/C16H9Br2FN2O2S/c17-11-5-8(6-12(18)14(11)22)7-13-15(23)21-16(24-13)20-10-3-1-9(19)2-4-10/h1-7,22H,(H,20,21,23)/b13-7+. The molecule has 2 aromatic carbocycles. The van der Waals surface area contributed by atoms with E-state index in [2.05, 4.69) is 42.2 Å². The Labute approximate surface area is 158 Å². The number of benzene rings is 2. The first-order valence-electron chi connectivity index (χ1n) is 6.65. The van der Waals surface area contributed by atoms with Gasteiger partial charge in [-0.2, -0.15) is 0 Å². The Morgan fingerprint density at radius 2 is 1.79 bits per heavy atom. The molecule has 122 valence electrons. The zero-order valence-corrected chi connectivity index (χ0v) is 15.9. The van der Waals surface area contributed by atoms with Gasteiger partial charge in [-0.15, -0.1) is 0 Å². The fourth-order valence-electron chi connectivity index (χ4n) is 1.93. The van der Waals surface area contributed by atoms with Crippen LogP contribution < -0.4 is 5.32 Å². The van der Waals surface area contributed by atoms with Crippen molar-refractivity contribution in [2.24, 2.45) is 4.99 Å². The highest BCUT2D eigenvalue weighted by Crippen LogP contribution is 2.35. The summed E-state index contributed by atoms with van der Waals surface area (Å²) in [7, 11) is 0. The molecule has 0 aromatic heterocycles. The van der Waals surface area contributed by atoms with E-state index in [0.717, 1.165) is 5.56 Å². The number of nitrogens with zero attached hydrogens (tertiary/aromatic N) is 1. The van der Waals surface area contributed by atoms with Crippen molar-refractivity contribution in [3.63, 3.8) is 0 Å². The molecule has 0 aliphatic carbocycles. The Hall–Kier alpha value is -1.64. The number of rotatable bonds is 2. The molecule has 4 nitrogen and oxygen atoms in total. The molecule has 1 fully saturated rings. The number of hydrogen-bond donors (Lipinski definition) is 2. The monoisotopic (exact) mass is 470 g/mol. The number of thioether (sulfide) groups is 1. The topological polar surface area (TPSA) is 61.7 Å². The van der Waals surface area contributed by atoms with Gasteiger partial charge in [0.25, 0.3) is 5.91 Å². The van der Waals surface area contributed by atoms with Gasteiger partial charge in [-0.25, -0.2) is 9.38 Å². The van der Waals surface area contributed by atoms with E-state index in [0.29, 0.717) is 24.7 Å². The number of amides is 1. The van der Waals surface area contributed by atoms with Gasteiger partial charge in [0.15, 0.2) is 5.17 Å². The second-order valence-corrected chi connectivity index (χ2v) is 7.53. The van der Waals surface area contributed by atoms with Crippen LogP contribution in [0.1, 0.15) is 5.56 Å². The number of aliphatic imine (C=N–C) groups is 1. The molecule has 0 spiro atoms. The Kier molecular flexibility index (Phi) is 5.07. The third-order valence-electron chi connectivity index (χ3n) is 3.05. The highest BCUT2D eigenvalue weighted by atomic mass is 79.9. The number of carbonyl (C=O) groups is 1. The maximum atomic E-state index is 12.9. The summed E-state index contributed by atoms with van der Waals surface area (Å²) in [6, 6.07) is 9.09. The predicted molar refractivity (Wildman–Crippen MR) is 101 cm³/mol. The Morgan fingerprint density at radius 3 is 2.42 bits per heavy atom. The van der Waals surface area contributed by atoms with E-state index in [1.165, 1.54) is 36.0 Å². The Balaban J connectivity index is 1.86. The van der Waals surface area contributed by atoms with Gasteiger partial charge in [0, 0.05) is 0 Å². The molecular formula is C16H9Br2FN2O2S. The van der Waals surface area contributed by atoms with Crippen LogP contribution in [0.2, 0.25) is 0 Å². The molecule has 2 aromatic rings. The van der Waals surface area contributed by atoms with Crippen molar-refractivity contribution in [3.05, 3.63) is 61.6 Å². The first-order valence-corrected chi connectivity index (χ1v) is 9.06. The van der Waals surface area contributed by atoms with Crippen molar-refractivity contribution in [1.82, 2.24) is 5.32 Å². The first-order chi connectivity index (χ1) is 11.4. The Morgan fingerprint density at radius 1 is 1.17 bits per heavy atom. The van der Waals surface area contributed by atoms with E-state index in [1.54, 1.807) is 18.2 Å². The molecule has 1 saturated heterocycles. The molecule has 1 amide bonds. The zero-order chi connectivity index (χ0) is 17.3. The fraction of sp³-hybridized carbons (Fsp3) is 0. The number of aromatic hydroxyl groups is 1. The van der Waals surface area contributed by atoms with E-state index >= 15 is 0 Å². The van der Waals surface area contributed by atoms with Crippen molar-refractivity contribution in [1.29, 1.82) is 0 Å². The lowest BCUT2D eigenvalue weighted by atomic mass is 10.2. The lowest BCUT2D eigenvalue weighted by Crippen LogP contribution is -2.19. The lowest BCUT2D eigenvalue weighted by molar-refractivity contribution is -0.115. The van der Waals surface area contributed by atoms with Gasteiger partial charge in [-0.05, 0) is 91.7 Å². The van der Waals surface area contributed by atoms with Gasteiger partial charge in [-0.1, -0.05) is 0 Å². The van der Waals surface area contributed by atoms with Crippen molar-refractivity contribution in [3.8, 4) is 5.75 Å². The maximum Gasteiger partial charge on any atom is 0.264 e. The molecule has 0 bridgehead atoms. The zero-order valence-electron chi connectivity index (χ0n) is 11.9. The van der Waals surface area contributed by atoms with Crippen LogP contribution in [0.25, 0.3) is 6.08 Å². The van der Waals surface area contributed by atoms with Crippen molar-refractivity contribution in [2.75, 3.05) is 0 Å². The molecule has 1 heterocycles. The molecular weight excluding hydrogens is 463 g/mol. The minimum atomic E-state index is -0.342. The van der Waals surface area contributed by atoms with Gasteiger partial charge in [0.2, 0.25) is 0 Å². The van der Waals surface area contributed by atoms with E-state index < -0.39 is 0 Å². The minimum Gasteiger partial charge on any atom is -0.506 e. The highest BCUT2D eigenvalue weighted by molar-refractivity contribution is 9.11. The number of amidine groups is 1. The number of hydrogen-bond acceptors (Lipinski definition) is 4. The van der Waals surface area contributed by atoms with Crippen molar-refractivity contribution in [2.45, 2.75) is 0 Å². The predicted octanol–water partition coefficient (Wildman–Crippen LogP) is 4.95. The van der Waals surface area contributed by atoms with Crippen LogP contribution in [0.3, 0.4) is 0 Å². The number of phenols is 1. The third kappa shape index (κ3) is 3.88. The molecule has 24 heavy (non-hydrogen) atoms.